The lowest BCUT2D eigenvalue weighted by molar-refractivity contribution is -0.149. The van der Waals surface area contributed by atoms with Gasteiger partial charge >= 0.3 is 11.7 Å². The summed E-state index contributed by atoms with van der Waals surface area (Å²) in [6, 6.07) is 9.12. The first-order valence-corrected chi connectivity index (χ1v) is 13.1. The zero-order chi connectivity index (χ0) is 25.8. The molecule has 1 fully saturated rings. The normalized spacial score (nSPS) is 24.7. The number of halogens is 1. The topological polar surface area (TPSA) is 129 Å². The molecule has 0 spiro atoms. The summed E-state index contributed by atoms with van der Waals surface area (Å²) >= 11 is 0. The van der Waals surface area contributed by atoms with Gasteiger partial charge in [0.05, 0.1) is 25.0 Å². The number of rotatable bonds is 10. The molecule has 1 unspecified atom stereocenters. The quantitative estimate of drug-likeness (QED) is 0.368. The Kier molecular flexibility index (Phi) is 8.48. The molecule has 0 bridgehead atoms. The lowest BCUT2D eigenvalue weighted by Gasteiger charge is -2.25. The molecule has 0 aliphatic carbocycles. The van der Waals surface area contributed by atoms with Crippen molar-refractivity contribution in [1.82, 2.24) is 14.6 Å². The minimum absolute atomic E-state index is 0.0183. The molecular formula is C23H31FN3O7P. The Morgan fingerprint density at radius 3 is 2.60 bits per heavy atom. The van der Waals surface area contributed by atoms with Crippen molar-refractivity contribution in [2.45, 2.75) is 70.4 Å². The summed E-state index contributed by atoms with van der Waals surface area (Å²) in [7, 11) is -3.67. The van der Waals surface area contributed by atoms with Crippen LogP contribution in [0.5, 0.6) is 0 Å². The summed E-state index contributed by atoms with van der Waals surface area (Å²) in [5.74, 6) is -0.581. The van der Waals surface area contributed by atoms with Gasteiger partial charge in [-0.3, -0.25) is 23.7 Å². The second-order valence-electron chi connectivity index (χ2n) is 9.06. The summed E-state index contributed by atoms with van der Waals surface area (Å²) in [5, 5.41) is 2.76. The zero-order valence-corrected chi connectivity index (χ0v) is 21.0. The van der Waals surface area contributed by atoms with Crippen molar-refractivity contribution >= 4 is 13.5 Å². The third kappa shape index (κ3) is 7.20. The number of H-pyrrole nitrogens is 1. The number of carbonyl (C=O) groups excluding carboxylic acids is 1. The maximum absolute atomic E-state index is 15.3. The smallest absolute Gasteiger partial charge is 0.330 e. The molecule has 0 amide bonds. The highest BCUT2D eigenvalue weighted by atomic mass is 31.2. The van der Waals surface area contributed by atoms with Gasteiger partial charge in [-0.05, 0) is 33.3 Å². The molecule has 5 atom stereocenters. The number of nitrogens with one attached hydrogen (secondary N) is 2. The fourth-order valence-electron chi connectivity index (χ4n) is 3.82. The molecular weight excluding hydrogens is 480 g/mol. The molecule has 1 aromatic heterocycles. The number of aromatic amines is 1. The molecule has 2 heterocycles. The average Bonchev–Trinajstić information content (AvgIpc) is 3.06. The Balaban J connectivity index is 1.75. The summed E-state index contributed by atoms with van der Waals surface area (Å²) in [6.45, 7) is 5.97. The molecule has 1 aliphatic rings. The van der Waals surface area contributed by atoms with Crippen LogP contribution in [0.3, 0.4) is 0 Å². The van der Waals surface area contributed by atoms with E-state index in [1.165, 1.54) is 13.8 Å². The Morgan fingerprint density at radius 1 is 1.29 bits per heavy atom. The number of alkyl halides is 1. The maximum atomic E-state index is 15.3. The van der Waals surface area contributed by atoms with Crippen molar-refractivity contribution in [3.8, 4) is 0 Å². The van der Waals surface area contributed by atoms with E-state index in [4.69, 9.17) is 14.0 Å². The van der Waals surface area contributed by atoms with Crippen LogP contribution >= 0.6 is 7.52 Å². The number of nitrogens with zero attached hydrogens (tertiary/aromatic N) is 1. The molecule has 0 radical (unpaired) electrons. The second-order valence-corrected chi connectivity index (χ2v) is 11.2. The van der Waals surface area contributed by atoms with Crippen LogP contribution < -0.4 is 16.3 Å². The summed E-state index contributed by atoms with van der Waals surface area (Å²) in [6.07, 6.45) is -1.48. The Morgan fingerprint density at radius 2 is 1.97 bits per heavy atom. The molecule has 3 rings (SSSR count). The summed E-state index contributed by atoms with van der Waals surface area (Å²) in [5.41, 5.74) is -2.65. The monoisotopic (exact) mass is 511 g/mol. The highest BCUT2D eigenvalue weighted by Crippen LogP contribution is 2.48. The van der Waals surface area contributed by atoms with Crippen LogP contribution in [0.4, 0.5) is 4.39 Å². The van der Waals surface area contributed by atoms with E-state index in [2.05, 4.69) is 10.1 Å². The third-order valence-corrected chi connectivity index (χ3v) is 7.49. The van der Waals surface area contributed by atoms with Gasteiger partial charge in [0.15, 0.2) is 11.9 Å². The van der Waals surface area contributed by atoms with Gasteiger partial charge in [0, 0.05) is 18.7 Å². The van der Waals surface area contributed by atoms with Gasteiger partial charge in [-0.1, -0.05) is 30.3 Å². The van der Waals surface area contributed by atoms with Gasteiger partial charge in [0.1, 0.15) is 6.04 Å². The number of hydrogen-bond acceptors (Lipinski definition) is 7. The van der Waals surface area contributed by atoms with E-state index in [1.807, 2.05) is 6.07 Å². The first kappa shape index (κ1) is 27.0. The average molecular weight is 511 g/mol. The molecule has 2 N–H and O–H groups in total. The van der Waals surface area contributed by atoms with Gasteiger partial charge in [0.25, 0.3) is 13.1 Å². The van der Waals surface area contributed by atoms with Crippen molar-refractivity contribution in [3.05, 3.63) is 69.0 Å². The van der Waals surface area contributed by atoms with Gasteiger partial charge in [0.2, 0.25) is 0 Å². The standard InChI is InChI=1S/C23H31FN3O7P/c1-15(2)33-20(29)16(3)26-35(31,14-17-8-6-5-7-9-17)32-13-18-12-23(4,24)21(34-18)27-11-10-19(28)25-22(27)30/h5-11,15-16,18,21H,12-14H2,1-4H3,(H,26,31)(H,25,28,30)/t16-,18-,21+,23+,35?/m0/s1. The van der Waals surface area contributed by atoms with Crippen LogP contribution in [0.1, 0.15) is 45.9 Å². The van der Waals surface area contributed by atoms with Crippen LogP contribution in [0.25, 0.3) is 0 Å². The van der Waals surface area contributed by atoms with E-state index in [1.54, 1.807) is 38.1 Å². The van der Waals surface area contributed by atoms with Gasteiger partial charge in [-0.2, -0.15) is 0 Å². The van der Waals surface area contributed by atoms with Crippen molar-refractivity contribution < 1.29 is 27.7 Å². The van der Waals surface area contributed by atoms with Crippen molar-refractivity contribution in [1.29, 1.82) is 0 Å². The molecule has 10 nitrogen and oxygen atoms in total. The lowest BCUT2D eigenvalue weighted by Crippen LogP contribution is -2.38. The summed E-state index contributed by atoms with van der Waals surface area (Å²) < 4.78 is 46.7. The van der Waals surface area contributed by atoms with Crippen LogP contribution in [-0.2, 0) is 29.5 Å². The fourth-order valence-corrected chi connectivity index (χ4v) is 5.87. The van der Waals surface area contributed by atoms with Crippen LogP contribution in [0, 0.1) is 0 Å². The number of ether oxygens (including phenoxy) is 2. The predicted octanol–water partition coefficient (Wildman–Crippen LogP) is 2.89. The molecule has 35 heavy (non-hydrogen) atoms. The maximum Gasteiger partial charge on any atom is 0.330 e. The Labute approximate surface area is 202 Å². The molecule has 2 aromatic rings. The fraction of sp³-hybridized carbons (Fsp3) is 0.522. The van der Waals surface area contributed by atoms with E-state index in [0.29, 0.717) is 5.56 Å². The van der Waals surface area contributed by atoms with Gasteiger partial charge in [-0.15, -0.1) is 0 Å². The first-order valence-electron chi connectivity index (χ1n) is 11.3. The van der Waals surface area contributed by atoms with E-state index in [9.17, 15) is 18.9 Å². The Bertz CT molecular complexity index is 1180. The van der Waals surface area contributed by atoms with Gasteiger partial charge in [-0.25, -0.2) is 14.3 Å². The van der Waals surface area contributed by atoms with Gasteiger partial charge < -0.3 is 14.0 Å². The molecule has 1 saturated heterocycles. The molecule has 1 aliphatic heterocycles. The van der Waals surface area contributed by atoms with E-state index >= 15 is 4.39 Å². The van der Waals surface area contributed by atoms with Crippen molar-refractivity contribution in [2.75, 3.05) is 6.61 Å². The molecule has 192 valence electrons. The SMILES string of the molecule is CC(C)OC(=O)[C@H](C)NP(=O)(Cc1ccccc1)OC[C@@H]1C[C@@](C)(F)[C@H](n2ccc(=O)[nH]c2=O)O1. The van der Waals surface area contributed by atoms with Crippen molar-refractivity contribution in [3.63, 3.8) is 0 Å². The van der Waals surface area contributed by atoms with Crippen LogP contribution in [0.15, 0.2) is 52.2 Å². The largest absolute Gasteiger partial charge is 0.462 e. The molecule has 0 saturated carbocycles. The van der Waals surface area contributed by atoms with E-state index < -0.39 is 48.8 Å². The minimum Gasteiger partial charge on any atom is -0.462 e. The number of carbonyl (C=O) groups is 1. The third-order valence-electron chi connectivity index (χ3n) is 5.37. The molecule has 1 aromatic carbocycles. The minimum atomic E-state index is -3.67. The Hall–Kier alpha value is -2.59. The predicted molar refractivity (Wildman–Crippen MR) is 127 cm³/mol. The number of esters is 1. The van der Waals surface area contributed by atoms with Crippen LogP contribution in [-0.4, -0.2) is 46.0 Å². The zero-order valence-electron chi connectivity index (χ0n) is 20.1. The number of benzene rings is 1. The second kappa shape index (κ2) is 11.0. The van der Waals surface area contributed by atoms with E-state index in [-0.39, 0.29) is 25.3 Å². The number of hydrogen-bond donors (Lipinski definition) is 2. The van der Waals surface area contributed by atoms with Crippen molar-refractivity contribution in [2.24, 2.45) is 0 Å². The number of aromatic nitrogens is 2. The highest BCUT2D eigenvalue weighted by molar-refractivity contribution is 7.56. The van der Waals surface area contributed by atoms with Crippen LogP contribution in [0.2, 0.25) is 0 Å². The first-order chi connectivity index (χ1) is 16.4. The van der Waals surface area contributed by atoms with E-state index in [0.717, 1.165) is 16.8 Å². The highest BCUT2D eigenvalue weighted by Gasteiger charge is 2.48. The summed E-state index contributed by atoms with van der Waals surface area (Å²) in [4.78, 5) is 37.8. The lowest BCUT2D eigenvalue weighted by atomic mass is 10.0. The molecule has 12 heteroatoms.